The maximum absolute atomic E-state index is 10.8. The molecular weight excluding hydrogens is 182 g/mol. The third kappa shape index (κ3) is 3.18. The van der Waals surface area contributed by atoms with Gasteiger partial charge in [0.05, 0.1) is 25.6 Å². The van der Waals surface area contributed by atoms with Crippen LogP contribution in [0.3, 0.4) is 0 Å². The van der Waals surface area contributed by atoms with E-state index in [0.717, 1.165) is 12.2 Å². The highest BCUT2D eigenvalue weighted by Crippen LogP contribution is 1.97. The van der Waals surface area contributed by atoms with Gasteiger partial charge in [-0.2, -0.15) is 0 Å². The predicted molar refractivity (Wildman–Crippen MR) is 51.6 cm³/mol. The van der Waals surface area contributed by atoms with Gasteiger partial charge in [-0.3, -0.25) is 4.79 Å². The van der Waals surface area contributed by atoms with Crippen molar-refractivity contribution >= 4 is 5.97 Å². The van der Waals surface area contributed by atoms with Crippen LogP contribution in [0, 0.1) is 0 Å². The minimum absolute atomic E-state index is 0.200. The number of nitrogens with zero attached hydrogens (tertiary/aromatic N) is 2. The third-order valence-electron chi connectivity index (χ3n) is 1.85. The normalized spacial score (nSPS) is 10.1. The van der Waals surface area contributed by atoms with Crippen molar-refractivity contribution in [1.82, 2.24) is 14.9 Å². The second kappa shape index (κ2) is 5.39. The molecule has 0 unspecified atom stereocenters. The van der Waals surface area contributed by atoms with E-state index in [1.54, 1.807) is 6.33 Å². The molecule has 1 aromatic rings. The Hall–Kier alpha value is -1.36. The highest BCUT2D eigenvalue weighted by molar-refractivity contribution is 5.68. The van der Waals surface area contributed by atoms with E-state index in [1.165, 1.54) is 7.11 Å². The summed E-state index contributed by atoms with van der Waals surface area (Å²) in [6.45, 7) is 1.36. The summed E-state index contributed by atoms with van der Waals surface area (Å²) in [4.78, 5) is 15.0. The molecular formula is C9H15N3O2. The Kier molecular flexibility index (Phi) is 4.12. The van der Waals surface area contributed by atoms with Crippen molar-refractivity contribution in [3.05, 3.63) is 18.2 Å². The van der Waals surface area contributed by atoms with Crippen LogP contribution in [-0.4, -0.2) is 29.7 Å². The van der Waals surface area contributed by atoms with Crippen molar-refractivity contribution in [1.29, 1.82) is 0 Å². The number of hydrogen-bond acceptors (Lipinski definition) is 4. The standard InChI is InChI=1S/C9H15N3O2/c1-10-5-8-6-12(7-11-8)4-3-9(13)14-2/h6-7,10H,3-5H2,1-2H3. The molecule has 5 heteroatoms. The number of aromatic nitrogens is 2. The molecule has 0 saturated heterocycles. The summed E-state index contributed by atoms with van der Waals surface area (Å²) in [5, 5.41) is 3.01. The molecule has 0 atom stereocenters. The molecule has 0 amide bonds. The first-order valence-corrected chi connectivity index (χ1v) is 4.48. The summed E-state index contributed by atoms with van der Waals surface area (Å²) >= 11 is 0. The fourth-order valence-electron chi connectivity index (χ4n) is 1.12. The first-order chi connectivity index (χ1) is 6.76. The van der Waals surface area contributed by atoms with Crippen LogP contribution in [0.1, 0.15) is 12.1 Å². The molecule has 1 rings (SSSR count). The third-order valence-corrected chi connectivity index (χ3v) is 1.85. The molecule has 0 fully saturated rings. The summed E-state index contributed by atoms with van der Waals surface area (Å²) in [5.41, 5.74) is 0.970. The lowest BCUT2D eigenvalue weighted by Crippen LogP contribution is -2.06. The van der Waals surface area contributed by atoms with Gasteiger partial charge in [-0.15, -0.1) is 0 Å². The van der Waals surface area contributed by atoms with E-state index >= 15 is 0 Å². The first-order valence-electron chi connectivity index (χ1n) is 4.48. The lowest BCUT2D eigenvalue weighted by Gasteiger charge is -1.99. The summed E-state index contributed by atoms with van der Waals surface area (Å²) in [6.07, 6.45) is 4.01. The van der Waals surface area contributed by atoms with E-state index in [-0.39, 0.29) is 5.97 Å². The maximum atomic E-state index is 10.8. The second-order valence-corrected chi connectivity index (χ2v) is 2.96. The van der Waals surface area contributed by atoms with Crippen LogP contribution in [0.25, 0.3) is 0 Å². The Morgan fingerprint density at radius 1 is 1.71 bits per heavy atom. The van der Waals surface area contributed by atoms with Crippen molar-refractivity contribution in [3.63, 3.8) is 0 Å². The zero-order valence-corrected chi connectivity index (χ0v) is 8.49. The van der Waals surface area contributed by atoms with E-state index in [1.807, 2.05) is 17.8 Å². The quantitative estimate of drug-likeness (QED) is 0.683. The van der Waals surface area contributed by atoms with Crippen LogP contribution in [0.2, 0.25) is 0 Å². The van der Waals surface area contributed by atoms with Crippen molar-refractivity contribution in [2.75, 3.05) is 14.2 Å². The van der Waals surface area contributed by atoms with Gasteiger partial charge in [0.2, 0.25) is 0 Å². The van der Waals surface area contributed by atoms with Crippen LogP contribution in [0.4, 0.5) is 0 Å². The highest BCUT2D eigenvalue weighted by atomic mass is 16.5. The SMILES string of the molecule is CNCc1cn(CCC(=O)OC)cn1. The molecule has 0 aromatic carbocycles. The van der Waals surface area contributed by atoms with Gasteiger partial charge in [0.15, 0.2) is 0 Å². The molecule has 14 heavy (non-hydrogen) atoms. The molecule has 5 nitrogen and oxygen atoms in total. The average Bonchev–Trinajstić information content (AvgIpc) is 2.63. The Morgan fingerprint density at radius 3 is 3.14 bits per heavy atom. The minimum atomic E-state index is -0.200. The van der Waals surface area contributed by atoms with Crippen LogP contribution in [0.5, 0.6) is 0 Å². The number of hydrogen-bond donors (Lipinski definition) is 1. The Bertz CT molecular complexity index is 296. The molecule has 1 N–H and O–H groups in total. The van der Waals surface area contributed by atoms with Gasteiger partial charge in [-0.1, -0.05) is 0 Å². The zero-order valence-electron chi connectivity index (χ0n) is 8.49. The van der Waals surface area contributed by atoms with E-state index in [4.69, 9.17) is 0 Å². The number of carbonyl (C=O) groups is 1. The Labute approximate surface area is 83.1 Å². The Morgan fingerprint density at radius 2 is 2.50 bits per heavy atom. The smallest absolute Gasteiger partial charge is 0.307 e. The molecule has 0 aliphatic rings. The van der Waals surface area contributed by atoms with Gasteiger partial charge in [-0.05, 0) is 7.05 Å². The monoisotopic (exact) mass is 197 g/mol. The molecule has 0 aliphatic heterocycles. The molecule has 1 aromatic heterocycles. The summed E-state index contributed by atoms with van der Waals surface area (Å²) in [6, 6.07) is 0. The predicted octanol–water partition coefficient (Wildman–Crippen LogP) is 0.166. The summed E-state index contributed by atoms with van der Waals surface area (Å²) < 4.78 is 6.42. The van der Waals surface area contributed by atoms with Gasteiger partial charge in [0, 0.05) is 19.3 Å². The van der Waals surface area contributed by atoms with Gasteiger partial charge < -0.3 is 14.6 Å². The lowest BCUT2D eigenvalue weighted by atomic mass is 10.4. The van der Waals surface area contributed by atoms with Crippen LogP contribution in [-0.2, 0) is 22.6 Å². The molecule has 78 valence electrons. The minimum Gasteiger partial charge on any atom is -0.469 e. The molecule has 1 heterocycles. The molecule has 0 aliphatic carbocycles. The van der Waals surface area contributed by atoms with E-state index in [2.05, 4.69) is 15.0 Å². The molecule has 0 bridgehead atoms. The van der Waals surface area contributed by atoms with Gasteiger partial charge in [0.25, 0.3) is 0 Å². The first kappa shape index (κ1) is 10.7. The average molecular weight is 197 g/mol. The van der Waals surface area contributed by atoms with Crippen molar-refractivity contribution in [2.45, 2.75) is 19.5 Å². The van der Waals surface area contributed by atoms with Crippen LogP contribution in [0.15, 0.2) is 12.5 Å². The lowest BCUT2D eigenvalue weighted by molar-refractivity contribution is -0.140. The number of methoxy groups -OCH3 is 1. The van der Waals surface area contributed by atoms with Crippen molar-refractivity contribution in [3.8, 4) is 0 Å². The highest BCUT2D eigenvalue weighted by Gasteiger charge is 2.01. The van der Waals surface area contributed by atoms with E-state index < -0.39 is 0 Å². The zero-order chi connectivity index (χ0) is 10.4. The van der Waals surface area contributed by atoms with E-state index in [9.17, 15) is 4.79 Å². The number of carbonyl (C=O) groups excluding carboxylic acids is 1. The number of imidazole rings is 1. The summed E-state index contributed by atoms with van der Waals surface area (Å²) in [5.74, 6) is -0.200. The largest absolute Gasteiger partial charge is 0.469 e. The fraction of sp³-hybridized carbons (Fsp3) is 0.556. The topological polar surface area (TPSA) is 56.2 Å². The number of aryl methyl sites for hydroxylation is 1. The number of esters is 1. The van der Waals surface area contributed by atoms with Crippen molar-refractivity contribution < 1.29 is 9.53 Å². The van der Waals surface area contributed by atoms with Crippen LogP contribution >= 0.6 is 0 Å². The van der Waals surface area contributed by atoms with E-state index in [0.29, 0.717) is 13.0 Å². The van der Waals surface area contributed by atoms with Gasteiger partial charge in [-0.25, -0.2) is 4.98 Å². The molecule has 0 spiro atoms. The Balaban J connectivity index is 2.39. The second-order valence-electron chi connectivity index (χ2n) is 2.96. The number of rotatable bonds is 5. The fourth-order valence-corrected chi connectivity index (χ4v) is 1.12. The maximum Gasteiger partial charge on any atom is 0.307 e. The number of nitrogens with one attached hydrogen (secondary N) is 1. The van der Waals surface area contributed by atoms with Gasteiger partial charge in [0.1, 0.15) is 0 Å². The molecule has 0 saturated carbocycles. The van der Waals surface area contributed by atoms with Crippen LogP contribution < -0.4 is 5.32 Å². The summed E-state index contributed by atoms with van der Waals surface area (Å²) in [7, 11) is 3.26. The van der Waals surface area contributed by atoms with Crippen molar-refractivity contribution in [2.24, 2.45) is 0 Å². The number of ether oxygens (including phenoxy) is 1. The molecule has 0 radical (unpaired) electrons. The van der Waals surface area contributed by atoms with Gasteiger partial charge >= 0.3 is 5.97 Å².